The Labute approximate surface area is 197 Å². The first-order chi connectivity index (χ1) is 15.4. The van der Waals surface area contributed by atoms with Crippen LogP contribution in [0.5, 0.6) is 0 Å². The van der Waals surface area contributed by atoms with E-state index in [1.54, 1.807) is 24.6 Å². The third-order valence-electron chi connectivity index (χ3n) is 6.14. The number of hydrogen-bond acceptors (Lipinski definition) is 8. The van der Waals surface area contributed by atoms with Crippen LogP contribution in [0.1, 0.15) is 11.1 Å². The number of hydrogen-bond donors (Lipinski definition) is 1. The molecular formula is C22H28N4O3S3. The van der Waals surface area contributed by atoms with Gasteiger partial charge in [-0.15, -0.1) is 23.1 Å². The largest absolute Gasteiger partial charge is 0.379 e. The summed E-state index contributed by atoms with van der Waals surface area (Å²) in [5, 5.41) is 7.00. The van der Waals surface area contributed by atoms with Crippen molar-refractivity contribution in [1.82, 2.24) is 4.90 Å². The molecule has 0 radical (unpaired) electrons. The Hall–Kier alpha value is -1.59. The molecule has 1 N–H and O–H groups in total. The van der Waals surface area contributed by atoms with Gasteiger partial charge in [-0.3, -0.25) is 14.2 Å². The van der Waals surface area contributed by atoms with E-state index in [1.165, 1.54) is 15.6 Å². The molecule has 0 bridgehead atoms. The summed E-state index contributed by atoms with van der Waals surface area (Å²) in [5.74, 6) is 0. The van der Waals surface area contributed by atoms with Crippen LogP contribution >= 0.6 is 23.1 Å². The molecule has 1 aromatic carbocycles. The van der Waals surface area contributed by atoms with Gasteiger partial charge >= 0.3 is 0 Å². The fourth-order valence-corrected chi connectivity index (χ4v) is 8.07. The zero-order valence-corrected chi connectivity index (χ0v) is 20.7. The second-order valence-electron chi connectivity index (χ2n) is 8.46. The number of nitrogens with one attached hydrogen (secondary N) is 1. The van der Waals surface area contributed by atoms with Crippen molar-refractivity contribution in [1.29, 1.82) is 0 Å². The Morgan fingerprint density at radius 1 is 1.31 bits per heavy atom. The predicted molar refractivity (Wildman–Crippen MR) is 133 cm³/mol. The number of sulfonamides is 1. The van der Waals surface area contributed by atoms with E-state index in [4.69, 9.17) is 9.73 Å². The summed E-state index contributed by atoms with van der Waals surface area (Å²) in [6.07, 6.45) is 0.826. The minimum atomic E-state index is -3.59. The number of aryl methyl sites for hydroxylation is 1. The fourth-order valence-electron chi connectivity index (χ4n) is 4.48. The van der Waals surface area contributed by atoms with Crippen LogP contribution in [-0.2, 0) is 21.2 Å². The fraction of sp³-hybridized carbons (Fsp3) is 0.500. The minimum Gasteiger partial charge on any atom is -0.379 e. The van der Waals surface area contributed by atoms with Crippen LogP contribution < -0.4 is 9.62 Å². The van der Waals surface area contributed by atoms with Gasteiger partial charge in [0.05, 0.1) is 42.2 Å². The Balaban J connectivity index is 1.32. The van der Waals surface area contributed by atoms with E-state index in [-0.39, 0.29) is 6.04 Å². The number of thiophene rings is 1. The molecule has 0 aliphatic carbocycles. The van der Waals surface area contributed by atoms with E-state index >= 15 is 0 Å². The van der Waals surface area contributed by atoms with Crippen molar-refractivity contribution < 1.29 is 13.2 Å². The number of ether oxygens (including phenoxy) is 1. The molecule has 172 valence electrons. The summed E-state index contributed by atoms with van der Waals surface area (Å²) in [6.45, 7) is 7.50. The smallest absolute Gasteiger partial charge is 0.273 e. The number of aliphatic imine (C=N–C) groups is 1. The van der Waals surface area contributed by atoms with E-state index < -0.39 is 10.0 Å². The molecule has 3 aliphatic heterocycles. The molecule has 7 nitrogen and oxygen atoms in total. The van der Waals surface area contributed by atoms with Gasteiger partial charge in [0.2, 0.25) is 0 Å². The second-order valence-corrected chi connectivity index (χ2v) is 12.9. The van der Waals surface area contributed by atoms with Crippen molar-refractivity contribution in [2.24, 2.45) is 4.99 Å². The first-order valence-electron chi connectivity index (χ1n) is 10.9. The molecular weight excluding hydrogens is 464 g/mol. The molecule has 4 heterocycles. The lowest BCUT2D eigenvalue weighted by atomic mass is 10.1. The third-order valence-corrected chi connectivity index (χ3v) is 10.6. The first-order valence-corrected chi connectivity index (χ1v) is 14.1. The van der Waals surface area contributed by atoms with E-state index in [0.717, 1.165) is 67.7 Å². The second kappa shape index (κ2) is 8.98. The van der Waals surface area contributed by atoms with Gasteiger partial charge in [0, 0.05) is 38.4 Å². The van der Waals surface area contributed by atoms with Crippen LogP contribution in [0.2, 0.25) is 0 Å². The molecule has 5 rings (SSSR count). The van der Waals surface area contributed by atoms with Crippen LogP contribution in [0.15, 0.2) is 38.8 Å². The quantitative estimate of drug-likeness (QED) is 0.668. The van der Waals surface area contributed by atoms with Crippen molar-refractivity contribution in [2.45, 2.75) is 28.8 Å². The number of fused-ring (bicyclic) bond motifs is 1. The first kappa shape index (κ1) is 22.2. The van der Waals surface area contributed by atoms with Crippen molar-refractivity contribution in [3.8, 4) is 0 Å². The Morgan fingerprint density at radius 3 is 2.88 bits per heavy atom. The van der Waals surface area contributed by atoms with Gasteiger partial charge in [-0.25, -0.2) is 8.42 Å². The van der Waals surface area contributed by atoms with Crippen molar-refractivity contribution in [2.75, 3.05) is 56.1 Å². The lowest BCUT2D eigenvalue weighted by Crippen LogP contribution is -2.40. The molecule has 0 amide bonds. The molecule has 32 heavy (non-hydrogen) atoms. The summed E-state index contributed by atoms with van der Waals surface area (Å²) >= 11 is 3.11. The average Bonchev–Trinajstić information content (AvgIpc) is 3.53. The molecule has 1 saturated heterocycles. The maximum Gasteiger partial charge on any atom is 0.273 e. The standard InChI is InChI=1S/C22H28N4O3S3/c1-15-10-16-12-18(22-23-13-17(31-22)14-26-5-7-29-8-6-26)24-21(16)19(11-15)25(2)32(27,28)20-4-3-9-30-20/h3-4,9-11,17-18,24H,5-8,12-14H2,1-2H3. The number of thioether (sulfide) groups is 1. The summed E-state index contributed by atoms with van der Waals surface area (Å²) in [5.41, 5.74) is 3.81. The van der Waals surface area contributed by atoms with Crippen LogP contribution in [0.4, 0.5) is 11.4 Å². The maximum atomic E-state index is 13.1. The molecule has 0 spiro atoms. The normalized spacial score (nSPS) is 23.6. The summed E-state index contributed by atoms with van der Waals surface area (Å²) < 4.78 is 33.5. The molecule has 2 aromatic rings. The number of morpholine rings is 1. The SMILES string of the molecule is Cc1cc2c(c(N(C)S(=O)(=O)c3cccs3)c1)NC(C1=NCC(CN3CCOCC3)S1)C2. The van der Waals surface area contributed by atoms with Gasteiger partial charge in [-0.1, -0.05) is 12.1 Å². The van der Waals surface area contributed by atoms with Crippen LogP contribution in [0.25, 0.3) is 0 Å². The third kappa shape index (κ3) is 4.31. The highest BCUT2D eigenvalue weighted by atomic mass is 32.2. The average molecular weight is 493 g/mol. The molecule has 0 saturated carbocycles. The molecule has 3 aliphatic rings. The van der Waals surface area contributed by atoms with Crippen LogP contribution in [0, 0.1) is 6.92 Å². The van der Waals surface area contributed by atoms with E-state index in [1.807, 2.05) is 24.8 Å². The van der Waals surface area contributed by atoms with Gasteiger partial charge < -0.3 is 10.1 Å². The van der Waals surface area contributed by atoms with Gasteiger partial charge in [-0.05, 0) is 35.6 Å². The highest BCUT2D eigenvalue weighted by molar-refractivity contribution is 8.15. The molecule has 1 fully saturated rings. The molecule has 2 unspecified atom stereocenters. The summed E-state index contributed by atoms with van der Waals surface area (Å²) in [4.78, 5) is 7.32. The zero-order valence-electron chi connectivity index (χ0n) is 18.3. The number of nitrogens with zero attached hydrogens (tertiary/aromatic N) is 3. The monoisotopic (exact) mass is 492 g/mol. The maximum absolute atomic E-state index is 13.1. The predicted octanol–water partition coefficient (Wildman–Crippen LogP) is 3.06. The molecule has 2 atom stereocenters. The lowest BCUT2D eigenvalue weighted by molar-refractivity contribution is 0.0385. The Bertz CT molecular complexity index is 1110. The van der Waals surface area contributed by atoms with E-state index in [9.17, 15) is 8.42 Å². The van der Waals surface area contributed by atoms with Crippen molar-refractivity contribution in [3.63, 3.8) is 0 Å². The van der Waals surface area contributed by atoms with Crippen molar-refractivity contribution >= 4 is 49.5 Å². The van der Waals surface area contributed by atoms with Gasteiger partial charge in [0.1, 0.15) is 4.21 Å². The van der Waals surface area contributed by atoms with Crippen molar-refractivity contribution in [3.05, 3.63) is 40.8 Å². The lowest BCUT2D eigenvalue weighted by Gasteiger charge is -2.28. The highest BCUT2D eigenvalue weighted by Gasteiger charge is 2.34. The highest BCUT2D eigenvalue weighted by Crippen LogP contribution is 2.41. The number of benzene rings is 1. The van der Waals surface area contributed by atoms with E-state index in [0.29, 0.717) is 15.1 Å². The molecule has 10 heteroatoms. The Kier molecular flexibility index (Phi) is 6.23. The number of anilines is 2. The number of rotatable bonds is 6. The van der Waals surface area contributed by atoms with Gasteiger partial charge in [0.15, 0.2) is 0 Å². The van der Waals surface area contributed by atoms with Crippen LogP contribution in [0.3, 0.4) is 0 Å². The Morgan fingerprint density at radius 2 is 2.12 bits per heavy atom. The van der Waals surface area contributed by atoms with Gasteiger partial charge in [-0.2, -0.15) is 0 Å². The summed E-state index contributed by atoms with van der Waals surface area (Å²) in [6, 6.07) is 7.63. The summed E-state index contributed by atoms with van der Waals surface area (Å²) in [7, 11) is -1.95. The molecule has 1 aromatic heterocycles. The topological polar surface area (TPSA) is 74.2 Å². The van der Waals surface area contributed by atoms with Gasteiger partial charge in [0.25, 0.3) is 10.0 Å². The van der Waals surface area contributed by atoms with Crippen LogP contribution in [-0.4, -0.2) is 76.1 Å². The minimum absolute atomic E-state index is 0.100. The zero-order chi connectivity index (χ0) is 22.3. The van der Waals surface area contributed by atoms with E-state index in [2.05, 4.69) is 16.3 Å².